The summed E-state index contributed by atoms with van der Waals surface area (Å²) in [6.45, 7) is 10.7. The zero-order valence-corrected chi connectivity index (χ0v) is 17.3. The SMILES string of the molecule is C/C=C(\C)[C@H](O)[C@@H](C)/C=C/C=C(\C)CC[C@@H](O)CC1=C(C)C(=O)[C@@](C)(O)O1. The second-order valence-electron chi connectivity index (χ2n) is 7.59. The molecule has 5 nitrogen and oxygen atoms in total. The third-order valence-corrected chi connectivity index (χ3v) is 5.01. The molecule has 0 aromatic rings. The third-order valence-electron chi connectivity index (χ3n) is 5.01. The maximum atomic E-state index is 11.8. The van der Waals surface area contributed by atoms with Gasteiger partial charge in [-0.2, -0.15) is 0 Å². The van der Waals surface area contributed by atoms with Crippen molar-refractivity contribution < 1.29 is 24.9 Å². The molecule has 0 unspecified atom stereocenters. The number of carbonyl (C=O) groups is 1. The molecule has 0 fully saturated rings. The van der Waals surface area contributed by atoms with Crippen molar-refractivity contribution in [3.63, 3.8) is 0 Å². The van der Waals surface area contributed by atoms with Crippen LogP contribution < -0.4 is 0 Å². The Morgan fingerprint density at radius 2 is 1.93 bits per heavy atom. The van der Waals surface area contributed by atoms with E-state index in [0.29, 0.717) is 24.2 Å². The van der Waals surface area contributed by atoms with E-state index in [1.54, 1.807) is 6.92 Å². The summed E-state index contributed by atoms with van der Waals surface area (Å²) < 4.78 is 5.26. The van der Waals surface area contributed by atoms with Crippen molar-refractivity contribution in [1.29, 1.82) is 0 Å². The lowest BCUT2D eigenvalue weighted by molar-refractivity contribution is -0.171. The molecule has 0 aliphatic carbocycles. The molecule has 152 valence electrons. The van der Waals surface area contributed by atoms with Gasteiger partial charge in [0.25, 0.3) is 5.79 Å². The first kappa shape index (κ1) is 23.3. The highest BCUT2D eigenvalue weighted by atomic mass is 16.6. The lowest BCUT2D eigenvalue weighted by Crippen LogP contribution is -2.32. The van der Waals surface area contributed by atoms with Gasteiger partial charge in [0.15, 0.2) is 0 Å². The molecule has 0 spiro atoms. The van der Waals surface area contributed by atoms with Gasteiger partial charge in [0.05, 0.1) is 12.2 Å². The van der Waals surface area contributed by atoms with E-state index < -0.39 is 23.8 Å². The fourth-order valence-electron chi connectivity index (χ4n) is 2.91. The largest absolute Gasteiger partial charge is 0.459 e. The maximum absolute atomic E-state index is 11.8. The molecule has 0 bridgehead atoms. The summed E-state index contributed by atoms with van der Waals surface area (Å²) in [6, 6.07) is 0. The molecule has 1 aliphatic rings. The van der Waals surface area contributed by atoms with Crippen LogP contribution >= 0.6 is 0 Å². The molecule has 5 heteroatoms. The lowest BCUT2D eigenvalue weighted by Gasteiger charge is -2.18. The molecule has 0 aromatic carbocycles. The number of hydrogen-bond acceptors (Lipinski definition) is 5. The summed E-state index contributed by atoms with van der Waals surface area (Å²) in [5, 5.41) is 30.2. The van der Waals surface area contributed by atoms with Crippen molar-refractivity contribution in [2.45, 2.75) is 78.8 Å². The summed E-state index contributed by atoms with van der Waals surface area (Å²) in [6.07, 6.45) is 8.10. The summed E-state index contributed by atoms with van der Waals surface area (Å²) in [4.78, 5) is 11.8. The first-order valence-corrected chi connectivity index (χ1v) is 9.48. The summed E-state index contributed by atoms with van der Waals surface area (Å²) >= 11 is 0. The number of ether oxygens (including phenoxy) is 1. The summed E-state index contributed by atoms with van der Waals surface area (Å²) in [7, 11) is 0. The fraction of sp³-hybridized carbons (Fsp3) is 0.591. The minimum absolute atomic E-state index is 0.0237. The Kier molecular flexibility index (Phi) is 8.66. The van der Waals surface area contributed by atoms with Crippen molar-refractivity contribution in [1.82, 2.24) is 0 Å². The van der Waals surface area contributed by atoms with Gasteiger partial charge < -0.3 is 20.1 Å². The Hall–Kier alpha value is -1.69. The van der Waals surface area contributed by atoms with Crippen LogP contribution in [0.1, 0.15) is 60.8 Å². The van der Waals surface area contributed by atoms with Crippen LogP contribution in [-0.4, -0.2) is 39.1 Å². The second-order valence-corrected chi connectivity index (χ2v) is 7.59. The van der Waals surface area contributed by atoms with E-state index in [0.717, 1.165) is 11.1 Å². The molecular weight excluding hydrogens is 344 g/mol. The smallest absolute Gasteiger partial charge is 0.269 e. The molecule has 0 amide bonds. The second kappa shape index (κ2) is 10.0. The molecule has 3 N–H and O–H groups in total. The van der Waals surface area contributed by atoms with Gasteiger partial charge in [-0.1, -0.05) is 36.8 Å². The van der Waals surface area contributed by atoms with E-state index in [2.05, 4.69) is 0 Å². The van der Waals surface area contributed by atoms with Crippen LogP contribution in [-0.2, 0) is 9.53 Å². The number of Topliss-reactive ketones (excluding diaryl/α,β-unsaturated/α-hetero) is 1. The molecule has 4 atom stereocenters. The van der Waals surface area contributed by atoms with Crippen molar-refractivity contribution in [2.24, 2.45) is 5.92 Å². The van der Waals surface area contributed by atoms with Gasteiger partial charge in [0, 0.05) is 24.8 Å². The average Bonchev–Trinajstić information content (AvgIpc) is 2.80. The standard InChI is InChI=1S/C22H34O5/c1-7-15(3)20(24)16(4)10-8-9-14(2)11-12-18(23)13-19-17(5)21(25)22(6,26)27-19/h7-10,16,18,20,23-24,26H,11-13H2,1-6H3/b10-8+,14-9+,15-7+/t16-,18+,20-,22-/m0/s1. The van der Waals surface area contributed by atoms with E-state index in [1.165, 1.54) is 6.92 Å². The van der Waals surface area contributed by atoms with Gasteiger partial charge in [-0.15, -0.1) is 0 Å². The maximum Gasteiger partial charge on any atom is 0.269 e. The van der Waals surface area contributed by atoms with E-state index in [4.69, 9.17) is 4.74 Å². The van der Waals surface area contributed by atoms with Crippen LogP contribution in [0.5, 0.6) is 0 Å². The highest BCUT2D eigenvalue weighted by molar-refractivity contribution is 6.02. The van der Waals surface area contributed by atoms with Crippen LogP contribution in [0.25, 0.3) is 0 Å². The molecule has 0 radical (unpaired) electrons. The van der Waals surface area contributed by atoms with E-state index in [9.17, 15) is 20.1 Å². The number of ketones is 1. The number of carbonyl (C=O) groups excluding carboxylic acids is 1. The van der Waals surface area contributed by atoms with Crippen LogP contribution in [0.2, 0.25) is 0 Å². The predicted molar refractivity (Wildman–Crippen MR) is 107 cm³/mol. The topological polar surface area (TPSA) is 87.0 Å². The number of rotatable bonds is 9. The molecule has 0 saturated heterocycles. The highest BCUT2D eigenvalue weighted by Gasteiger charge is 2.42. The number of hydrogen-bond donors (Lipinski definition) is 3. The Balaban J connectivity index is 2.50. The lowest BCUT2D eigenvalue weighted by atomic mass is 9.97. The van der Waals surface area contributed by atoms with Gasteiger partial charge in [0.2, 0.25) is 5.78 Å². The predicted octanol–water partition coefficient (Wildman–Crippen LogP) is 3.57. The summed E-state index contributed by atoms with van der Waals surface area (Å²) in [5.41, 5.74) is 2.43. The molecule has 27 heavy (non-hydrogen) atoms. The van der Waals surface area contributed by atoms with Crippen LogP contribution in [0.4, 0.5) is 0 Å². The fourth-order valence-corrected chi connectivity index (χ4v) is 2.91. The first-order chi connectivity index (χ1) is 12.5. The molecular formula is C22H34O5. The van der Waals surface area contributed by atoms with E-state index in [1.807, 2.05) is 52.0 Å². The minimum Gasteiger partial charge on any atom is -0.459 e. The molecule has 1 rings (SSSR count). The van der Waals surface area contributed by atoms with Gasteiger partial charge in [0.1, 0.15) is 5.76 Å². The van der Waals surface area contributed by atoms with Crippen molar-refractivity contribution in [2.75, 3.05) is 0 Å². The van der Waals surface area contributed by atoms with Crippen LogP contribution in [0.15, 0.2) is 46.8 Å². The molecule has 0 aromatic heterocycles. The normalized spacial score (nSPS) is 25.1. The van der Waals surface area contributed by atoms with Crippen molar-refractivity contribution >= 4 is 5.78 Å². The average molecular weight is 379 g/mol. The molecule has 0 saturated carbocycles. The van der Waals surface area contributed by atoms with Crippen molar-refractivity contribution in [3.8, 4) is 0 Å². The number of aliphatic hydroxyl groups excluding tert-OH is 2. The molecule has 1 heterocycles. The molecule has 1 aliphatic heterocycles. The zero-order valence-electron chi connectivity index (χ0n) is 17.3. The van der Waals surface area contributed by atoms with Crippen molar-refractivity contribution in [3.05, 3.63) is 46.8 Å². The Labute approximate surface area is 162 Å². The zero-order chi connectivity index (χ0) is 20.8. The number of allylic oxidation sites excluding steroid dienone is 4. The Morgan fingerprint density at radius 3 is 2.44 bits per heavy atom. The van der Waals surface area contributed by atoms with Gasteiger partial charge in [-0.25, -0.2) is 0 Å². The van der Waals surface area contributed by atoms with Crippen LogP contribution in [0, 0.1) is 5.92 Å². The van der Waals surface area contributed by atoms with Gasteiger partial charge in [-0.05, 0) is 46.1 Å². The third kappa shape index (κ3) is 6.76. The monoisotopic (exact) mass is 378 g/mol. The minimum atomic E-state index is -1.81. The quantitative estimate of drug-likeness (QED) is 0.422. The van der Waals surface area contributed by atoms with Gasteiger partial charge in [-0.3, -0.25) is 4.79 Å². The Morgan fingerprint density at radius 1 is 1.30 bits per heavy atom. The van der Waals surface area contributed by atoms with E-state index >= 15 is 0 Å². The van der Waals surface area contributed by atoms with E-state index in [-0.39, 0.29) is 12.3 Å². The van der Waals surface area contributed by atoms with Crippen LogP contribution in [0.3, 0.4) is 0 Å². The Bertz CT molecular complexity index is 652. The summed E-state index contributed by atoms with van der Waals surface area (Å²) in [5.74, 6) is -1.88. The first-order valence-electron chi connectivity index (χ1n) is 9.48. The highest BCUT2D eigenvalue weighted by Crippen LogP contribution is 2.31. The number of aliphatic hydroxyl groups is 3. The van der Waals surface area contributed by atoms with Gasteiger partial charge >= 0.3 is 0 Å².